The minimum atomic E-state index is -1.13. The summed E-state index contributed by atoms with van der Waals surface area (Å²) in [6.07, 6.45) is -1.13. The van der Waals surface area contributed by atoms with E-state index in [1.807, 2.05) is 0 Å². The summed E-state index contributed by atoms with van der Waals surface area (Å²) in [6.45, 7) is 1.31. The Bertz CT molecular complexity index is 276. The van der Waals surface area contributed by atoms with Crippen molar-refractivity contribution in [1.29, 1.82) is 0 Å². The molecule has 0 aromatic heterocycles. The fourth-order valence-corrected chi connectivity index (χ4v) is 1.35. The van der Waals surface area contributed by atoms with Crippen molar-refractivity contribution in [1.82, 2.24) is 0 Å². The van der Waals surface area contributed by atoms with E-state index < -0.39 is 17.7 Å². The molecule has 12 heavy (non-hydrogen) atoms. The number of aliphatic hydroxyl groups is 1. The van der Waals surface area contributed by atoms with Crippen molar-refractivity contribution in [2.45, 2.75) is 13.0 Å². The SMILES string of the molecule is C[C@@H](O)c1c(F)cc(Br)cc1F. The molecule has 0 unspecified atom stereocenters. The Morgan fingerprint density at radius 2 is 1.75 bits per heavy atom. The van der Waals surface area contributed by atoms with Gasteiger partial charge in [0.1, 0.15) is 11.6 Å². The van der Waals surface area contributed by atoms with Gasteiger partial charge in [0.05, 0.1) is 11.7 Å². The van der Waals surface area contributed by atoms with Crippen LogP contribution in [0.3, 0.4) is 0 Å². The largest absolute Gasteiger partial charge is 0.388 e. The summed E-state index contributed by atoms with van der Waals surface area (Å²) in [5.74, 6) is -1.48. The van der Waals surface area contributed by atoms with Crippen molar-refractivity contribution >= 4 is 15.9 Å². The Hall–Kier alpha value is -0.480. The third-order valence-corrected chi connectivity index (χ3v) is 1.92. The Balaban J connectivity index is 3.28. The molecule has 0 bridgehead atoms. The van der Waals surface area contributed by atoms with Gasteiger partial charge in [-0.15, -0.1) is 0 Å². The molecule has 0 spiro atoms. The van der Waals surface area contributed by atoms with E-state index in [0.717, 1.165) is 12.1 Å². The van der Waals surface area contributed by atoms with E-state index in [-0.39, 0.29) is 5.56 Å². The molecule has 1 rings (SSSR count). The predicted molar refractivity (Wildman–Crippen MR) is 44.7 cm³/mol. The first-order chi connectivity index (χ1) is 5.52. The van der Waals surface area contributed by atoms with E-state index in [4.69, 9.17) is 5.11 Å². The summed E-state index contributed by atoms with van der Waals surface area (Å²) < 4.78 is 26.2. The van der Waals surface area contributed by atoms with Crippen molar-refractivity contribution < 1.29 is 13.9 Å². The summed E-state index contributed by atoms with van der Waals surface area (Å²) in [6, 6.07) is 2.23. The van der Waals surface area contributed by atoms with Gasteiger partial charge in [-0.05, 0) is 19.1 Å². The molecule has 1 nitrogen and oxygen atoms in total. The van der Waals surface area contributed by atoms with Crippen LogP contribution in [0, 0.1) is 11.6 Å². The van der Waals surface area contributed by atoms with Gasteiger partial charge in [0, 0.05) is 4.47 Å². The molecule has 0 aliphatic carbocycles. The molecule has 66 valence electrons. The summed E-state index contributed by atoms with van der Waals surface area (Å²) in [4.78, 5) is 0. The second-order valence-electron chi connectivity index (χ2n) is 2.46. The fourth-order valence-electron chi connectivity index (χ4n) is 0.952. The quantitative estimate of drug-likeness (QED) is 0.796. The first-order valence-electron chi connectivity index (χ1n) is 3.35. The van der Waals surface area contributed by atoms with Crippen molar-refractivity contribution in [3.63, 3.8) is 0 Å². The van der Waals surface area contributed by atoms with Crippen LogP contribution in [0.1, 0.15) is 18.6 Å². The molecular weight excluding hydrogens is 230 g/mol. The molecule has 0 fully saturated rings. The molecule has 0 heterocycles. The fraction of sp³-hybridized carbons (Fsp3) is 0.250. The Kier molecular flexibility index (Phi) is 2.80. The van der Waals surface area contributed by atoms with E-state index >= 15 is 0 Å². The highest BCUT2D eigenvalue weighted by atomic mass is 79.9. The van der Waals surface area contributed by atoms with Crippen molar-refractivity contribution in [3.05, 3.63) is 33.8 Å². The monoisotopic (exact) mass is 236 g/mol. The summed E-state index contributed by atoms with van der Waals surface area (Å²) >= 11 is 2.93. The maximum atomic E-state index is 12.9. The molecule has 0 radical (unpaired) electrons. The highest BCUT2D eigenvalue weighted by Crippen LogP contribution is 2.24. The third kappa shape index (κ3) is 1.81. The second kappa shape index (κ2) is 3.49. The summed E-state index contributed by atoms with van der Waals surface area (Å²) in [5, 5.41) is 8.98. The lowest BCUT2D eigenvalue weighted by Gasteiger charge is -2.07. The molecule has 4 heteroatoms. The van der Waals surface area contributed by atoms with E-state index in [1.54, 1.807) is 0 Å². The van der Waals surface area contributed by atoms with Crippen LogP contribution in [0.5, 0.6) is 0 Å². The Morgan fingerprint density at radius 1 is 1.33 bits per heavy atom. The topological polar surface area (TPSA) is 20.2 Å². The van der Waals surface area contributed by atoms with Crippen LogP contribution in [0.2, 0.25) is 0 Å². The maximum absolute atomic E-state index is 12.9. The van der Waals surface area contributed by atoms with Gasteiger partial charge in [0.25, 0.3) is 0 Å². The summed E-state index contributed by atoms with van der Waals surface area (Å²) in [5.41, 5.74) is -0.293. The van der Waals surface area contributed by atoms with Crippen molar-refractivity contribution in [2.24, 2.45) is 0 Å². The van der Waals surface area contributed by atoms with Gasteiger partial charge in [-0.3, -0.25) is 0 Å². The number of hydrogen-bond acceptors (Lipinski definition) is 1. The zero-order valence-corrected chi connectivity index (χ0v) is 7.90. The van der Waals surface area contributed by atoms with E-state index in [0.29, 0.717) is 4.47 Å². The number of hydrogen-bond donors (Lipinski definition) is 1. The molecule has 1 aromatic rings. The van der Waals surface area contributed by atoms with Crippen LogP contribution in [0.25, 0.3) is 0 Å². The molecular formula is C8H7BrF2O. The molecule has 1 N–H and O–H groups in total. The average Bonchev–Trinajstić information content (AvgIpc) is 1.82. The lowest BCUT2D eigenvalue weighted by molar-refractivity contribution is 0.188. The molecule has 0 aliphatic heterocycles. The van der Waals surface area contributed by atoms with Crippen molar-refractivity contribution in [2.75, 3.05) is 0 Å². The normalized spacial score (nSPS) is 13.1. The lowest BCUT2D eigenvalue weighted by atomic mass is 10.1. The molecule has 0 amide bonds. The Morgan fingerprint density at radius 3 is 2.08 bits per heavy atom. The van der Waals surface area contributed by atoms with Gasteiger partial charge in [0.2, 0.25) is 0 Å². The molecule has 0 saturated carbocycles. The minimum absolute atomic E-state index is 0.293. The smallest absolute Gasteiger partial charge is 0.133 e. The van der Waals surface area contributed by atoms with Gasteiger partial charge >= 0.3 is 0 Å². The Labute approximate surface area is 77.2 Å². The number of benzene rings is 1. The van der Waals surface area contributed by atoms with Crippen LogP contribution >= 0.6 is 15.9 Å². The van der Waals surface area contributed by atoms with E-state index in [9.17, 15) is 8.78 Å². The first-order valence-corrected chi connectivity index (χ1v) is 4.14. The van der Waals surface area contributed by atoms with Gasteiger partial charge in [-0.25, -0.2) is 8.78 Å². The van der Waals surface area contributed by atoms with Crippen LogP contribution in [0.15, 0.2) is 16.6 Å². The second-order valence-corrected chi connectivity index (χ2v) is 3.37. The van der Waals surface area contributed by atoms with Gasteiger partial charge < -0.3 is 5.11 Å². The molecule has 0 saturated heterocycles. The van der Waals surface area contributed by atoms with Crippen LogP contribution in [-0.2, 0) is 0 Å². The summed E-state index contributed by atoms with van der Waals surface area (Å²) in [7, 11) is 0. The van der Waals surface area contributed by atoms with Crippen molar-refractivity contribution in [3.8, 4) is 0 Å². The van der Waals surface area contributed by atoms with Gasteiger partial charge in [-0.1, -0.05) is 15.9 Å². The van der Waals surface area contributed by atoms with Crippen LogP contribution in [-0.4, -0.2) is 5.11 Å². The van der Waals surface area contributed by atoms with Crippen LogP contribution in [0.4, 0.5) is 8.78 Å². The van der Waals surface area contributed by atoms with Crippen LogP contribution < -0.4 is 0 Å². The number of rotatable bonds is 1. The lowest BCUT2D eigenvalue weighted by Crippen LogP contribution is -2.00. The van der Waals surface area contributed by atoms with E-state index in [1.165, 1.54) is 6.92 Å². The first kappa shape index (κ1) is 9.61. The standard InChI is InChI=1S/C8H7BrF2O/c1-4(12)8-6(10)2-5(9)3-7(8)11/h2-4,12H,1H3/t4-/m1/s1. The molecule has 1 atom stereocenters. The zero-order valence-electron chi connectivity index (χ0n) is 6.31. The number of halogens is 3. The van der Waals surface area contributed by atoms with Gasteiger partial charge in [0.15, 0.2) is 0 Å². The average molecular weight is 237 g/mol. The highest BCUT2D eigenvalue weighted by Gasteiger charge is 2.14. The predicted octanol–water partition coefficient (Wildman–Crippen LogP) is 2.78. The molecule has 1 aromatic carbocycles. The zero-order chi connectivity index (χ0) is 9.30. The minimum Gasteiger partial charge on any atom is -0.388 e. The van der Waals surface area contributed by atoms with Gasteiger partial charge in [-0.2, -0.15) is 0 Å². The third-order valence-electron chi connectivity index (χ3n) is 1.46. The highest BCUT2D eigenvalue weighted by molar-refractivity contribution is 9.10. The number of aliphatic hydroxyl groups excluding tert-OH is 1. The molecule has 0 aliphatic rings. The van der Waals surface area contributed by atoms with E-state index in [2.05, 4.69) is 15.9 Å². The maximum Gasteiger partial charge on any atom is 0.133 e.